The van der Waals surface area contributed by atoms with E-state index in [1.165, 1.54) is 32.5 Å². The third-order valence-electron chi connectivity index (χ3n) is 6.41. The van der Waals surface area contributed by atoms with Crippen LogP contribution in [0.2, 0.25) is 0 Å². The molecule has 3 heterocycles. The number of aryl methyl sites for hydroxylation is 1. The van der Waals surface area contributed by atoms with Crippen molar-refractivity contribution in [1.29, 1.82) is 0 Å². The van der Waals surface area contributed by atoms with Crippen LogP contribution in [0.4, 0.5) is 0 Å². The van der Waals surface area contributed by atoms with Gasteiger partial charge in [-0.05, 0) is 50.4 Å². The van der Waals surface area contributed by atoms with E-state index in [1.54, 1.807) is 18.6 Å². The van der Waals surface area contributed by atoms with Gasteiger partial charge in [0.15, 0.2) is 0 Å². The van der Waals surface area contributed by atoms with Crippen molar-refractivity contribution in [3.63, 3.8) is 0 Å². The molecule has 3 aliphatic rings. The summed E-state index contributed by atoms with van der Waals surface area (Å²) in [6, 6.07) is 0.321. The molecule has 0 unspecified atom stereocenters. The summed E-state index contributed by atoms with van der Waals surface area (Å²) >= 11 is 0. The zero-order valence-corrected chi connectivity index (χ0v) is 15.4. The zero-order chi connectivity index (χ0) is 17.5. The summed E-state index contributed by atoms with van der Waals surface area (Å²) in [6.45, 7) is 5.87. The van der Waals surface area contributed by atoms with Gasteiger partial charge < -0.3 is 14.2 Å². The van der Waals surface area contributed by atoms with Gasteiger partial charge in [-0.15, -0.1) is 0 Å². The number of imidazole rings is 1. The van der Waals surface area contributed by atoms with Gasteiger partial charge in [-0.2, -0.15) is 0 Å². The predicted molar refractivity (Wildman–Crippen MR) is 97.8 cm³/mol. The number of aromatic nitrogens is 4. The lowest BCUT2D eigenvalue weighted by atomic mass is 9.77. The molecule has 138 valence electrons. The van der Waals surface area contributed by atoms with Crippen molar-refractivity contribution >= 4 is 0 Å². The normalized spacial score (nSPS) is 31.7. The molecule has 0 spiro atoms. The number of hydrogen-bond donors (Lipinski definition) is 0. The Kier molecular flexibility index (Phi) is 4.15. The standard InChI is InChI=1S/C20H27N5O/c1-14-22-6-7-25(14)18-8-16-12-24(11-15-2-3-15)13-17(16)9-19(18)26-20-10-21-4-5-23-20/h4-7,10,15-19H,2-3,8-9,11-13H2,1H3/t16-,17+,18-,19-/m0/s1. The van der Waals surface area contributed by atoms with Gasteiger partial charge in [0.2, 0.25) is 5.88 Å². The van der Waals surface area contributed by atoms with Crippen molar-refractivity contribution in [3.05, 3.63) is 36.8 Å². The number of fused-ring (bicyclic) bond motifs is 1. The minimum atomic E-state index is 0.127. The highest BCUT2D eigenvalue weighted by molar-refractivity contribution is 5.07. The van der Waals surface area contributed by atoms with Crippen LogP contribution >= 0.6 is 0 Å². The molecule has 0 N–H and O–H groups in total. The Labute approximate surface area is 154 Å². The average Bonchev–Trinajstić information content (AvgIpc) is 3.21. The minimum absolute atomic E-state index is 0.127. The van der Waals surface area contributed by atoms with Crippen LogP contribution < -0.4 is 4.74 Å². The summed E-state index contributed by atoms with van der Waals surface area (Å²) in [5.41, 5.74) is 0. The molecular formula is C20H27N5O. The topological polar surface area (TPSA) is 56.1 Å². The fraction of sp³-hybridized carbons (Fsp3) is 0.650. The molecule has 2 aromatic rings. The second-order valence-electron chi connectivity index (χ2n) is 8.30. The molecule has 3 fully saturated rings. The lowest BCUT2D eigenvalue weighted by Gasteiger charge is -2.38. The van der Waals surface area contributed by atoms with Crippen molar-refractivity contribution in [3.8, 4) is 5.88 Å². The predicted octanol–water partition coefficient (Wildman–Crippen LogP) is 2.72. The zero-order valence-electron chi connectivity index (χ0n) is 15.4. The highest BCUT2D eigenvalue weighted by Gasteiger charge is 2.45. The fourth-order valence-corrected chi connectivity index (χ4v) is 4.96. The van der Waals surface area contributed by atoms with E-state index >= 15 is 0 Å². The van der Waals surface area contributed by atoms with E-state index in [0.717, 1.165) is 36.4 Å². The van der Waals surface area contributed by atoms with Crippen LogP contribution in [0.3, 0.4) is 0 Å². The van der Waals surface area contributed by atoms with E-state index in [2.05, 4.69) is 37.5 Å². The molecule has 0 aromatic carbocycles. The molecule has 2 aliphatic carbocycles. The van der Waals surface area contributed by atoms with Gasteiger partial charge in [0.1, 0.15) is 11.9 Å². The molecule has 0 radical (unpaired) electrons. The van der Waals surface area contributed by atoms with Gasteiger partial charge in [-0.1, -0.05) is 0 Å². The van der Waals surface area contributed by atoms with Crippen LogP contribution in [0.1, 0.15) is 37.5 Å². The van der Waals surface area contributed by atoms with E-state index in [-0.39, 0.29) is 6.10 Å². The van der Waals surface area contributed by atoms with Crippen molar-refractivity contribution in [2.24, 2.45) is 17.8 Å². The highest BCUT2D eigenvalue weighted by Crippen LogP contribution is 2.44. The number of hydrogen-bond acceptors (Lipinski definition) is 5. The summed E-state index contributed by atoms with van der Waals surface area (Å²) < 4.78 is 8.65. The van der Waals surface area contributed by atoms with Gasteiger partial charge in [0, 0.05) is 44.4 Å². The van der Waals surface area contributed by atoms with Gasteiger partial charge in [0.25, 0.3) is 0 Å². The van der Waals surface area contributed by atoms with E-state index < -0.39 is 0 Å². The highest BCUT2D eigenvalue weighted by atomic mass is 16.5. The molecule has 6 nitrogen and oxygen atoms in total. The van der Waals surface area contributed by atoms with Crippen LogP contribution in [0.15, 0.2) is 31.0 Å². The molecule has 5 rings (SSSR count). The maximum atomic E-state index is 6.34. The summed E-state index contributed by atoms with van der Waals surface area (Å²) in [4.78, 5) is 15.7. The third kappa shape index (κ3) is 3.22. The van der Waals surface area contributed by atoms with E-state index in [1.807, 2.05) is 6.20 Å². The maximum absolute atomic E-state index is 6.34. The van der Waals surface area contributed by atoms with Gasteiger partial charge >= 0.3 is 0 Å². The van der Waals surface area contributed by atoms with E-state index in [9.17, 15) is 0 Å². The largest absolute Gasteiger partial charge is 0.471 e. The molecule has 0 amide bonds. The van der Waals surface area contributed by atoms with Crippen LogP contribution in [0.5, 0.6) is 5.88 Å². The monoisotopic (exact) mass is 353 g/mol. The van der Waals surface area contributed by atoms with Crippen molar-refractivity contribution in [2.45, 2.75) is 44.8 Å². The Hall–Kier alpha value is -1.95. The summed E-state index contributed by atoms with van der Waals surface area (Å²) in [7, 11) is 0. The first kappa shape index (κ1) is 16.2. The number of likely N-dealkylation sites (tertiary alicyclic amines) is 1. The van der Waals surface area contributed by atoms with E-state index in [0.29, 0.717) is 11.9 Å². The first-order valence-corrected chi connectivity index (χ1v) is 9.90. The fourth-order valence-electron chi connectivity index (χ4n) is 4.96. The molecule has 1 saturated heterocycles. The average molecular weight is 353 g/mol. The van der Waals surface area contributed by atoms with Gasteiger partial charge in [-0.3, -0.25) is 4.98 Å². The molecular weight excluding hydrogens is 326 g/mol. The number of ether oxygens (including phenoxy) is 1. The van der Waals surface area contributed by atoms with Crippen molar-refractivity contribution in [1.82, 2.24) is 24.4 Å². The van der Waals surface area contributed by atoms with Gasteiger partial charge in [0.05, 0.1) is 12.2 Å². The van der Waals surface area contributed by atoms with Gasteiger partial charge in [-0.25, -0.2) is 9.97 Å². The van der Waals surface area contributed by atoms with Crippen LogP contribution in [0, 0.1) is 24.7 Å². The van der Waals surface area contributed by atoms with Crippen molar-refractivity contribution < 1.29 is 4.74 Å². The summed E-state index contributed by atoms with van der Waals surface area (Å²) in [5, 5.41) is 0. The molecule has 2 saturated carbocycles. The molecule has 4 atom stereocenters. The number of nitrogens with zero attached hydrogens (tertiary/aromatic N) is 5. The second kappa shape index (κ2) is 6.65. The SMILES string of the molecule is Cc1nccn1[C@H]1C[C@H]2CN(CC3CC3)C[C@H]2C[C@@H]1Oc1cnccn1. The Bertz CT molecular complexity index is 744. The molecule has 0 bridgehead atoms. The molecule has 6 heteroatoms. The minimum Gasteiger partial charge on any atom is -0.471 e. The lowest BCUT2D eigenvalue weighted by molar-refractivity contribution is 0.0501. The Morgan fingerprint density at radius 2 is 1.92 bits per heavy atom. The Balaban J connectivity index is 1.37. The Morgan fingerprint density at radius 3 is 2.62 bits per heavy atom. The third-order valence-corrected chi connectivity index (χ3v) is 6.41. The number of rotatable bonds is 5. The van der Waals surface area contributed by atoms with Crippen LogP contribution in [0.25, 0.3) is 0 Å². The summed E-state index contributed by atoms with van der Waals surface area (Å²) in [6.07, 6.45) is 14.3. The molecule has 2 aromatic heterocycles. The maximum Gasteiger partial charge on any atom is 0.232 e. The molecule has 1 aliphatic heterocycles. The first-order chi connectivity index (χ1) is 12.8. The molecule has 26 heavy (non-hydrogen) atoms. The second-order valence-corrected chi connectivity index (χ2v) is 8.30. The lowest BCUT2D eigenvalue weighted by Crippen LogP contribution is -2.40. The Morgan fingerprint density at radius 1 is 1.08 bits per heavy atom. The van der Waals surface area contributed by atoms with Crippen LogP contribution in [-0.2, 0) is 0 Å². The smallest absolute Gasteiger partial charge is 0.232 e. The van der Waals surface area contributed by atoms with Crippen molar-refractivity contribution in [2.75, 3.05) is 19.6 Å². The summed E-state index contributed by atoms with van der Waals surface area (Å²) in [5.74, 6) is 4.16. The first-order valence-electron chi connectivity index (χ1n) is 9.90. The van der Waals surface area contributed by atoms with E-state index in [4.69, 9.17) is 4.74 Å². The van der Waals surface area contributed by atoms with Crippen LogP contribution in [-0.4, -0.2) is 50.2 Å². The quantitative estimate of drug-likeness (QED) is 0.827.